The summed E-state index contributed by atoms with van der Waals surface area (Å²) >= 11 is 0. The number of aryl methyl sites for hydroxylation is 1. The summed E-state index contributed by atoms with van der Waals surface area (Å²) in [7, 11) is 0. The second-order valence-electron chi connectivity index (χ2n) is 16.4. The van der Waals surface area contributed by atoms with Crippen molar-refractivity contribution in [3.63, 3.8) is 0 Å². The van der Waals surface area contributed by atoms with E-state index in [1.54, 1.807) is 17.7 Å². The first-order valence-corrected chi connectivity index (χ1v) is 19.1. The van der Waals surface area contributed by atoms with Crippen molar-refractivity contribution in [2.75, 3.05) is 18.4 Å². The number of aromatic nitrogens is 1. The lowest BCUT2D eigenvalue weighted by Crippen LogP contribution is -2.45. The smallest absolute Gasteiger partial charge is 0.412 e. The third-order valence-electron chi connectivity index (χ3n) is 12.0. The molecule has 0 radical (unpaired) electrons. The number of amides is 2. The number of benzene rings is 3. The molecule has 2 amide bonds. The number of anilines is 1. The van der Waals surface area contributed by atoms with Crippen LogP contribution in [-0.2, 0) is 10.2 Å². The minimum absolute atomic E-state index is 0.000288. The van der Waals surface area contributed by atoms with Crippen LogP contribution in [-0.4, -0.2) is 40.6 Å². The number of ether oxygens (including phenoxy) is 1. The van der Waals surface area contributed by atoms with Gasteiger partial charge < -0.3 is 9.64 Å². The first-order valence-electron chi connectivity index (χ1n) is 19.1. The standard InChI is InChI=1S/C46H53N3O3/c1-6-45-23-21-33(29-35(31-45)39-28-32(2)47-41-20-11-10-18-38(39)41)40(45)19-13-22-46(36-15-8-7-9-16-36)24-26-49(27-25-46)42(50)34-14-12-17-37(30-34)48-43(51)52-44(3,4)5/h6-12,14-20,28,30,33,35H,1,13,21-27,29,31H2,2-5H3,(H,48,51)/b40-19-/t33-,35+,45+/m1/s1. The van der Waals surface area contributed by atoms with Gasteiger partial charge >= 0.3 is 6.09 Å². The van der Waals surface area contributed by atoms with E-state index in [1.807, 2.05) is 37.8 Å². The van der Waals surface area contributed by atoms with E-state index >= 15 is 0 Å². The van der Waals surface area contributed by atoms with Crippen molar-refractivity contribution in [2.45, 2.75) is 96.0 Å². The van der Waals surface area contributed by atoms with Crippen LogP contribution in [0.1, 0.15) is 105 Å². The molecule has 3 aliphatic rings. The molecule has 7 rings (SSSR count). The lowest BCUT2D eigenvalue weighted by molar-refractivity contribution is 0.0630. The maximum atomic E-state index is 13.8. The average molecular weight is 696 g/mol. The topological polar surface area (TPSA) is 71.5 Å². The van der Waals surface area contributed by atoms with Crippen LogP contribution in [0.4, 0.5) is 10.5 Å². The molecule has 1 N–H and O–H groups in total. The highest BCUT2D eigenvalue weighted by molar-refractivity contribution is 5.96. The van der Waals surface area contributed by atoms with Gasteiger partial charge in [-0.2, -0.15) is 0 Å². The predicted molar refractivity (Wildman–Crippen MR) is 211 cm³/mol. The van der Waals surface area contributed by atoms with Crippen LogP contribution >= 0.6 is 0 Å². The Morgan fingerprint density at radius 1 is 0.962 bits per heavy atom. The van der Waals surface area contributed by atoms with Crippen LogP contribution in [0, 0.1) is 18.3 Å². The molecule has 6 nitrogen and oxygen atoms in total. The molecule has 3 fully saturated rings. The number of likely N-dealkylation sites (tertiary alicyclic amines) is 1. The molecule has 0 spiro atoms. The number of carbonyl (C=O) groups is 2. The lowest BCUT2D eigenvalue weighted by atomic mass is 9.64. The summed E-state index contributed by atoms with van der Waals surface area (Å²) in [5.41, 5.74) is 7.20. The van der Waals surface area contributed by atoms with Crippen LogP contribution in [0.15, 0.2) is 109 Å². The van der Waals surface area contributed by atoms with Gasteiger partial charge in [0.1, 0.15) is 5.60 Å². The summed E-state index contributed by atoms with van der Waals surface area (Å²) in [6.45, 7) is 13.4. The normalized spacial score (nSPS) is 23.4. The minimum Gasteiger partial charge on any atom is -0.444 e. The first kappa shape index (κ1) is 35.7. The maximum absolute atomic E-state index is 13.8. The summed E-state index contributed by atoms with van der Waals surface area (Å²) in [4.78, 5) is 32.9. The summed E-state index contributed by atoms with van der Waals surface area (Å²) in [6.07, 6.45) is 12.9. The van der Waals surface area contributed by atoms with Crippen molar-refractivity contribution in [3.05, 3.63) is 132 Å². The van der Waals surface area contributed by atoms with Gasteiger partial charge in [0.05, 0.1) is 5.52 Å². The van der Waals surface area contributed by atoms with Gasteiger partial charge in [-0.1, -0.05) is 72.3 Å². The molecule has 52 heavy (non-hydrogen) atoms. The third-order valence-corrected chi connectivity index (χ3v) is 12.0. The molecule has 3 atom stereocenters. The highest BCUT2D eigenvalue weighted by atomic mass is 16.6. The highest BCUT2D eigenvalue weighted by Gasteiger charge is 2.48. The van der Waals surface area contributed by atoms with Crippen LogP contribution < -0.4 is 5.32 Å². The van der Waals surface area contributed by atoms with Gasteiger partial charge in [-0.15, -0.1) is 6.58 Å². The fourth-order valence-electron chi connectivity index (χ4n) is 9.51. The summed E-state index contributed by atoms with van der Waals surface area (Å²) < 4.78 is 5.41. The Morgan fingerprint density at radius 3 is 2.46 bits per heavy atom. The fourth-order valence-corrected chi connectivity index (χ4v) is 9.51. The molecule has 2 bridgehead atoms. The number of piperidine rings is 1. The summed E-state index contributed by atoms with van der Waals surface area (Å²) in [5, 5.41) is 4.07. The molecule has 6 heteroatoms. The molecule has 4 aromatic rings. The zero-order chi connectivity index (χ0) is 36.5. The Hall–Kier alpha value is -4.71. The number of pyridine rings is 1. The second-order valence-corrected chi connectivity index (χ2v) is 16.4. The Bertz CT molecular complexity index is 1990. The molecule has 2 saturated carbocycles. The maximum Gasteiger partial charge on any atom is 0.412 e. The van der Waals surface area contributed by atoms with Crippen LogP contribution in [0.5, 0.6) is 0 Å². The van der Waals surface area contributed by atoms with E-state index in [2.05, 4.69) is 91.6 Å². The second kappa shape index (κ2) is 14.4. The minimum atomic E-state index is -0.603. The third kappa shape index (κ3) is 7.30. The van der Waals surface area contributed by atoms with Gasteiger partial charge in [0.2, 0.25) is 0 Å². The average Bonchev–Trinajstić information content (AvgIpc) is 3.33. The first-order chi connectivity index (χ1) is 25.0. The van der Waals surface area contributed by atoms with E-state index in [0.717, 1.165) is 43.3 Å². The Kier molecular flexibility index (Phi) is 9.86. The Labute approximate surface area is 309 Å². The van der Waals surface area contributed by atoms with E-state index in [0.29, 0.717) is 36.2 Å². The number of nitrogens with one attached hydrogen (secondary N) is 1. The Morgan fingerprint density at radius 2 is 1.71 bits per heavy atom. The number of fused-ring (bicyclic) bond motifs is 3. The van der Waals surface area contributed by atoms with Crippen LogP contribution in [0.25, 0.3) is 10.9 Å². The summed E-state index contributed by atoms with van der Waals surface area (Å²) in [5.74, 6) is 1.08. The van der Waals surface area contributed by atoms with Crippen LogP contribution in [0.3, 0.4) is 0 Å². The van der Waals surface area contributed by atoms with Crippen molar-refractivity contribution in [2.24, 2.45) is 11.3 Å². The van der Waals surface area contributed by atoms with Crippen molar-refractivity contribution >= 4 is 28.6 Å². The van der Waals surface area contributed by atoms with Crippen molar-refractivity contribution in [1.82, 2.24) is 9.88 Å². The number of carbonyl (C=O) groups excluding carboxylic acids is 2. The van der Waals surface area contributed by atoms with Gasteiger partial charge in [-0.25, -0.2) is 4.79 Å². The molecule has 2 aliphatic carbocycles. The zero-order valence-corrected chi connectivity index (χ0v) is 31.3. The molecule has 0 unspecified atom stereocenters. The Balaban J connectivity index is 1.05. The van der Waals surface area contributed by atoms with Gasteiger partial charge in [0, 0.05) is 40.8 Å². The zero-order valence-electron chi connectivity index (χ0n) is 31.3. The molecule has 1 saturated heterocycles. The van der Waals surface area contributed by atoms with E-state index in [4.69, 9.17) is 9.72 Å². The van der Waals surface area contributed by atoms with Gasteiger partial charge in [0.25, 0.3) is 5.91 Å². The number of hydrogen-bond donors (Lipinski definition) is 1. The quantitative estimate of drug-likeness (QED) is 0.186. The largest absolute Gasteiger partial charge is 0.444 e. The number of para-hydroxylation sites is 1. The van der Waals surface area contributed by atoms with Gasteiger partial charge in [-0.05, 0) is 138 Å². The predicted octanol–water partition coefficient (Wildman–Crippen LogP) is 10.9. The van der Waals surface area contributed by atoms with Crippen molar-refractivity contribution < 1.29 is 14.3 Å². The van der Waals surface area contributed by atoms with Crippen molar-refractivity contribution in [3.8, 4) is 0 Å². The SMILES string of the molecule is C=C[C@]12CC[C@H](C[C@H](c3cc(C)nc4ccccc34)C1)/C2=C/CCC1(c2ccccc2)CCN(C(=O)c2cccc(NC(=O)OC(C)(C)C)c2)CC1. The molecular formula is C46H53N3O3. The highest BCUT2D eigenvalue weighted by Crippen LogP contribution is 2.60. The van der Waals surface area contributed by atoms with E-state index in [1.165, 1.54) is 35.8 Å². The number of nitrogens with zero attached hydrogens (tertiary/aromatic N) is 2. The van der Waals surface area contributed by atoms with Gasteiger partial charge in [-0.3, -0.25) is 15.1 Å². The van der Waals surface area contributed by atoms with Gasteiger partial charge in [0.15, 0.2) is 0 Å². The number of rotatable bonds is 8. The number of hydrogen-bond acceptors (Lipinski definition) is 4. The molecule has 2 heterocycles. The van der Waals surface area contributed by atoms with E-state index < -0.39 is 11.7 Å². The lowest BCUT2D eigenvalue weighted by Gasteiger charge is -2.43. The van der Waals surface area contributed by atoms with Crippen molar-refractivity contribution in [1.29, 1.82) is 0 Å². The van der Waals surface area contributed by atoms with Crippen LogP contribution in [0.2, 0.25) is 0 Å². The summed E-state index contributed by atoms with van der Waals surface area (Å²) in [6, 6.07) is 29.0. The van der Waals surface area contributed by atoms with E-state index in [-0.39, 0.29) is 16.7 Å². The molecule has 3 aromatic carbocycles. The fraction of sp³-hybridized carbons (Fsp3) is 0.413. The monoisotopic (exact) mass is 695 g/mol. The molecule has 270 valence electrons. The molecule has 1 aliphatic heterocycles. The number of allylic oxidation sites excluding steroid dienone is 3. The van der Waals surface area contributed by atoms with E-state index in [9.17, 15) is 9.59 Å². The molecule has 1 aromatic heterocycles. The molecular weight excluding hydrogens is 643 g/mol.